The Morgan fingerprint density at radius 3 is 2.05 bits per heavy atom. The minimum Gasteiger partial charge on any atom is -0.344 e. The Balaban J connectivity index is 3.09. The molecule has 4 atom stereocenters. The molecule has 4 unspecified atom stereocenters. The third-order valence-corrected chi connectivity index (χ3v) is 7.57. The van der Waals surface area contributed by atoms with E-state index in [0.29, 0.717) is 13.0 Å². The Bertz CT molecular complexity index is 967. The van der Waals surface area contributed by atoms with Crippen LogP contribution in [0.15, 0.2) is 0 Å². The highest BCUT2D eigenvalue weighted by molar-refractivity contribution is 7.94. The number of carbonyl (C=O) groups is 5. The van der Waals surface area contributed by atoms with E-state index in [1.807, 2.05) is 50.5 Å². The van der Waals surface area contributed by atoms with Gasteiger partial charge in [-0.2, -0.15) is 13.2 Å². The van der Waals surface area contributed by atoms with Crippen molar-refractivity contribution in [2.45, 2.75) is 97.6 Å². The third kappa shape index (κ3) is 12.5. The number of Topliss-reactive ketones (excluding diaryl/α,β-unsaturated/α-hetero) is 1. The molecular formula is C27H47F3N6O5S. The molecule has 15 heteroatoms. The van der Waals surface area contributed by atoms with Crippen molar-refractivity contribution in [1.82, 2.24) is 29.5 Å². The first-order valence-corrected chi connectivity index (χ1v) is 14.6. The van der Waals surface area contributed by atoms with Crippen LogP contribution < -0.4 is 16.0 Å². The Labute approximate surface area is 251 Å². The number of rotatable bonds is 13. The van der Waals surface area contributed by atoms with Gasteiger partial charge in [-0.15, -0.1) is 0 Å². The summed E-state index contributed by atoms with van der Waals surface area (Å²) in [7, 11) is 5.71. The standard InChI is InChI=1S/C27H47F3N6O5S/c1-25(2,3)20(15-35(9)42-34(7)8)32-24(41)33-21(26(4,5)6)23(40)36-14-10-11-18(36)22(39)31-17(19(38)16-37)12-13-27(28,29)30/h16-18,20-21H,10-15H2,1-9H3,(H,31,39)(H2,32,33,41). The molecule has 0 saturated carbocycles. The summed E-state index contributed by atoms with van der Waals surface area (Å²) in [4.78, 5) is 64.3. The monoisotopic (exact) mass is 624 g/mol. The molecule has 242 valence electrons. The summed E-state index contributed by atoms with van der Waals surface area (Å²) in [6.07, 6.45) is -6.22. The second-order valence-electron chi connectivity index (χ2n) is 13.0. The van der Waals surface area contributed by atoms with Crippen LogP contribution in [0.1, 0.15) is 67.2 Å². The summed E-state index contributed by atoms with van der Waals surface area (Å²) in [5.41, 5.74) is -1.09. The number of halogens is 3. The number of likely N-dealkylation sites (N-methyl/N-ethyl adjacent to an activating group) is 1. The van der Waals surface area contributed by atoms with E-state index in [2.05, 4.69) is 16.0 Å². The summed E-state index contributed by atoms with van der Waals surface area (Å²) >= 11 is 1.48. The summed E-state index contributed by atoms with van der Waals surface area (Å²) in [5, 5.41) is 8.00. The van der Waals surface area contributed by atoms with Crippen molar-refractivity contribution in [2.75, 3.05) is 34.2 Å². The molecule has 1 saturated heterocycles. The zero-order chi connectivity index (χ0) is 32.6. The highest BCUT2D eigenvalue weighted by Crippen LogP contribution is 2.27. The smallest absolute Gasteiger partial charge is 0.344 e. The molecule has 3 N–H and O–H groups in total. The third-order valence-electron chi connectivity index (χ3n) is 6.81. The number of nitrogens with one attached hydrogen (secondary N) is 3. The number of alkyl halides is 3. The van der Waals surface area contributed by atoms with Crippen molar-refractivity contribution in [3.05, 3.63) is 0 Å². The number of ketones is 1. The average molecular weight is 625 g/mol. The number of aldehydes is 1. The van der Waals surface area contributed by atoms with Gasteiger partial charge >= 0.3 is 12.2 Å². The maximum atomic E-state index is 13.8. The number of hydrogen-bond donors (Lipinski definition) is 3. The molecule has 1 aliphatic heterocycles. The molecule has 1 fully saturated rings. The topological polar surface area (TPSA) is 131 Å². The van der Waals surface area contributed by atoms with Gasteiger partial charge in [0.15, 0.2) is 6.29 Å². The van der Waals surface area contributed by atoms with E-state index in [1.165, 1.54) is 17.0 Å². The van der Waals surface area contributed by atoms with Crippen LogP contribution in [0.25, 0.3) is 0 Å². The molecule has 0 aromatic rings. The number of urea groups is 1. The molecule has 1 rings (SSSR count). The lowest BCUT2D eigenvalue weighted by atomic mass is 9.85. The summed E-state index contributed by atoms with van der Waals surface area (Å²) in [5.74, 6) is -2.54. The first kappa shape index (κ1) is 37.6. The molecule has 0 spiro atoms. The van der Waals surface area contributed by atoms with Crippen LogP contribution in [0.4, 0.5) is 18.0 Å². The van der Waals surface area contributed by atoms with Crippen molar-refractivity contribution in [1.29, 1.82) is 0 Å². The minimum atomic E-state index is -4.58. The van der Waals surface area contributed by atoms with E-state index in [9.17, 15) is 37.1 Å². The van der Waals surface area contributed by atoms with Gasteiger partial charge in [0, 0.05) is 37.7 Å². The van der Waals surface area contributed by atoms with E-state index >= 15 is 0 Å². The van der Waals surface area contributed by atoms with Gasteiger partial charge in [0.1, 0.15) is 12.1 Å². The van der Waals surface area contributed by atoms with E-state index in [-0.39, 0.29) is 30.7 Å². The molecule has 1 heterocycles. The molecule has 4 amide bonds. The number of amides is 4. The molecule has 0 aromatic carbocycles. The van der Waals surface area contributed by atoms with Crippen LogP contribution in [0, 0.1) is 10.8 Å². The van der Waals surface area contributed by atoms with E-state index < -0.39 is 66.2 Å². The van der Waals surface area contributed by atoms with Crippen molar-refractivity contribution >= 4 is 42.0 Å². The molecule has 1 aliphatic rings. The van der Waals surface area contributed by atoms with Gasteiger partial charge in [-0.1, -0.05) is 41.5 Å². The molecule has 11 nitrogen and oxygen atoms in total. The normalized spacial score (nSPS) is 18.4. The van der Waals surface area contributed by atoms with E-state index in [4.69, 9.17) is 0 Å². The van der Waals surface area contributed by atoms with Gasteiger partial charge in [-0.25, -0.2) is 13.4 Å². The fourth-order valence-electron chi connectivity index (χ4n) is 4.50. The second-order valence-corrected chi connectivity index (χ2v) is 14.5. The second kappa shape index (κ2) is 15.4. The van der Waals surface area contributed by atoms with Gasteiger partial charge in [0.05, 0.1) is 6.04 Å². The van der Waals surface area contributed by atoms with Crippen molar-refractivity contribution in [3.63, 3.8) is 0 Å². The van der Waals surface area contributed by atoms with Crippen molar-refractivity contribution < 1.29 is 37.1 Å². The highest BCUT2D eigenvalue weighted by Gasteiger charge is 2.43. The first-order chi connectivity index (χ1) is 19.1. The summed E-state index contributed by atoms with van der Waals surface area (Å²) < 4.78 is 42.1. The molecule has 0 aromatic heterocycles. The Hall–Kier alpha value is -2.39. The maximum absolute atomic E-state index is 13.8. The van der Waals surface area contributed by atoms with Gasteiger partial charge in [-0.3, -0.25) is 19.2 Å². The van der Waals surface area contributed by atoms with Crippen LogP contribution in [-0.4, -0.2) is 108 Å². The fourth-order valence-corrected chi connectivity index (χ4v) is 5.27. The lowest BCUT2D eigenvalue weighted by Crippen LogP contribution is -2.61. The van der Waals surface area contributed by atoms with Crippen LogP contribution in [0.2, 0.25) is 0 Å². The number of likely N-dealkylation sites (tertiary alicyclic amines) is 1. The van der Waals surface area contributed by atoms with Gasteiger partial charge < -0.3 is 20.9 Å². The number of hydrogen-bond acceptors (Lipinski definition) is 8. The van der Waals surface area contributed by atoms with Crippen LogP contribution in [-0.2, 0) is 19.2 Å². The Morgan fingerprint density at radius 2 is 1.57 bits per heavy atom. The van der Waals surface area contributed by atoms with Gasteiger partial charge in [0.25, 0.3) is 0 Å². The summed E-state index contributed by atoms with van der Waals surface area (Å²) in [6.45, 7) is 11.9. The van der Waals surface area contributed by atoms with Crippen LogP contribution in [0.3, 0.4) is 0 Å². The Morgan fingerprint density at radius 1 is 0.976 bits per heavy atom. The Kier molecular flexibility index (Phi) is 13.8. The van der Waals surface area contributed by atoms with E-state index in [0.717, 1.165) is 0 Å². The van der Waals surface area contributed by atoms with Crippen LogP contribution >= 0.6 is 12.1 Å². The van der Waals surface area contributed by atoms with E-state index in [1.54, 1.807) is 20.8 Å². The van der Waals surface area contributed by atoms with Crippen LogP contribution in [0.5, 0.6) is 0 Å². The molecule has 0 radical (unpaired) electrons. The predicted octanol–water partition coefficient (Wildman–Crippen LogP) is 2.76. The zero-order valence-corrected chi connectivity index (χ0v) is 26.9. The highest BCUT2D eigenvalue weighted by atomic mass is 32.2. The van der Waals surface area contributed by atoms with Gasteiger partial charge in [-0.05, 0) is 51.2 Å². The predicted molar refractivity (Wildman–Crippen MR) is 155 cm³/mol. The minimum absolute atomic E-state index is 0.126. The lowest BCUT2D eigenvalue weighted by molar-refractivity contribution is -0.145. The summed E-state index contributed by atoms with van der Waals surface area (Å²) in [6, 6.07) is -4.62. The fraction of sp³-hybridized carbons (Fsp3) is 0.815. The SMILES string of the molecule is CN(C)SN(C)CC(NC(=O)NC(C(=O)N1CCCC1C(=O)NC(CCC(F)(F)F)C(=O)C=O)C(C)(C)C)C(C)(C)C. The number of nitrogens with zero attached hydrogens (tertiary/aromatic N) is 3. The first-order valence-electron chi connectivity index (χ1n) is 13.9. The van der Waals surface area contributed by atoms with Gasteiger partial charge in [0.2, 0.25) is 17.6 Å². The molecular weight excluding hydrogens is 577 g/mol. The quantitative estimate of drug-likeness (QED) is 0.162. The maximum Gasteiger partial charge on any atom is 0.389 e. The zero-order valence-electron chi connectivity index (χ0n) is 26.1. The van der Waals surface area contributed by atoms with Crippen molar-refractivity contribution in [2.24, 2.45) is 10.8 Å². The molecule has 0 bridgehead atoms. The number of carbonyl (C=O) groups excluding carboxylic acids is 5. The molecule has 42 heavy (non-hydrogen) atoms. The lowest BCUT2D eigenvalue weighted by Gasteiger charge is -2.38. The largest absolute Gasteiger partial charge is 0.389 e. The molecule has 0 aliphatic carbocycles. The van der Waals surface area contributed by atoms with Crippen molar-refractivity contribution in [3.8, 4) is 0 Å². The average Bonchev–Trinajstić information content (AvgIpc) is 3.31.